The number of piperidine rings is 1. The maximum Gasteiger partial charge on any atom is 0.248 e. The predicted molar refractivity (Wildman–Crippen MR) is 106 cm³/mol. The smallest absolute Gasteiger partial charge is 0.248 e. The van der Waals surface area contributed by atoms with Crippen LogP contribution in [0.5, 0.6) is 0 Å². The van der Waals surface area contributed by atoms with E-state index in [9.17, 15) is 9.59 Å². The van der Waals surface area contributed by atoms with Crippen LogP contribution in [0.3, 0.4) is 0 Å². The van der Waals surface area contributed by atoms with Gasteiger partial charge in [0.05, 0.1) is 24.7 Å². The number of ether oxygens (including phenoxy) is 1. The molecule has 5 rings (SSSR count). The average molecular weight is 377 g/mol. The Balaban J connectivity index is 1.44. The fourth-order valence-electron chi connectivity index (χ4n) is 4.66. The molecule has 28 heavy (non-hydrogen) atoms. The first-order chi connectivity index (χ1) is 13.6. The number of hydrogen-bond acceptors (Lipinski definition) is 4. The summed E-state index contributed by atoms with van der Waals surface area (Å²) >= 11 is 0. The Morgan fingerprint density at radius 1 is 1.11 bits per heavy atom. The second-order valence-electron chi connectivity index (χ2n) is 7.97. The van der Waals surface area contributed by atoms with E-state index in [0.717, 1.165) is 61.5 Å². The summed E-state index contributed by atoms with van der Waals surface area (Å²) in [4.78, 5) is 26.9. The van der Waals surface area contributed by atoms with Crippen molar-refractivity contribution >= 4 is 17.5 Å². The molecule has 144 valence electrons. The Morgan fingerprint density at radius 2 is 1.86 bits per heavy atom. The SMILES string of the molecule is NC(=O)c1cccc(-c2ccc3c(c2)NC(=O)C32CCN(C3COC3)CC2)c1. The minimum Gasteiger partial charge on any atom is -0.378 e. The summed E-state index contributed by atoms with van der Waals surface area (Å²) in [6.07, 6.45) is 1.66. The number of hydrogen-bond donors (Lipinski definition) is 2. The Morgan fingerprint density at radius 3 is 2.54 bits per heavy atom. The minimum absolute atomic E-state index is 0.107. The van der Waals surface area contributed by atoms with E-state index < -0.39 is 11.3 Å². The highest BCUT2D eigenvalue weighted by molar-refractivity contribution is 6.07. The summed E-state index contributed by atoms with van der Waals surface area (Å²) in [5.74, 6) is -0.339. The van der Waals surface area contributed by atoms with Crippen molar-refractivity contribution in [2.24, 2.45) is 5.73 Å². The highest BCUT2D eigenvalue weighted by Crippen LogP contribution is 2.46. The third-order valence-electron chi connectivity index (χ3n) is 6.49. The normalized spacial score (nSPS) is 21.2. The largest absolute Gasteiger partial charge is 0.378 e. The van der Waals surface area contributed by atoms with Gasteiger partial charge < -0.3 is 15.8 Å². The van der Waals surface area contributed by atoms with Crippen LogP contribution in [0.1, 0.15) is 28.8 Å². The summed E-state index contributed by atoms with van der Waals surface area (Å²) in [7, 11) is 0. The van der Waals surface area contributed by atoms with Crippen LogP contribution in [0.2, 0.25) is 0 Å². The molecule has 6 nitrogen and oxygen atoms in total. The van der Waals surface area contributed by atoms with E-state index in [0.29, 0.717) is 11.6 Å². The van der Waals surface area contributed by atoms with Crippen LogP contribution >= 0.6 is 0 Å². The summed E-state index contributed by atoms with van der Waals surface area (Å²) in [5.41, 5.74) is 9.30. The van der Waals surface area contributed by atoms with Gasteiger partial charge in [0.15, 0.2) is 0 Å². The van der Waals surface area contributed by atoms with Crippen LogP contribution < -0.4 is 11.1 Å². The molecule has 0 unspecified atom stereocenters. The van der Waals surface area contributed by atoms with Crippen molar-refractivity contribution in [2.45, 2.75) is 24.3 Å². The molecular formula is C22H23N3O3. The van der Waals surface area contributed by atoms with Crippen LogP contribution in [0, 0.1) is 0 Å². The number of primary amides is 1. The molecule has 0 saturated carbocycles. The van der Waals surface area contributed by atoms with Gasteiger partial charge in [0.25, 0.3) is 0 Å². The summed E-state index contributed by atoms with van der Waals surface area (Å²) in [6, 6.07) is 13.9. The van der Waals surface area contributed by atoms with Crippen LogP contribution in [-0.2, 0) is 14.9 Å². The van der Waals surface area contributed by atoms with Crippen LogP contribution in [-0.4, -0.2) is 49.1 Å². The number of benzene rings is 2. The summed E-state index contributed by atoms with van der Waals surface area (Å²) in [5, 5.41) is 3.10. The van der Waals surface area contributed by atoms with Gasteiger partial charge in [0.1, 0.15) is 0 Å². The van der Waals surface area contributed by atoms with Crippen molar-refractivity contribution < 1.29 is 14.3 Å². The zero-order chi connectivity index (χ0) is 19.3. The first-order valence-electron chi connectivity index (χ1n) is 9.75. The van der Waals surface area contributed by atoms with Gasteiger partial charge in [-0.05, 0) is 60.8 Å². The highest BCUT2D eigenvalue weighted by atomic mass is 16.5. The van der Waals surface area contributed by atoms with Gasteiger partial charge in [-0.1, -0.05) is 24.3 Å². The molecule has 0 aromatic heterocycles. The summed E-state index contributed by atoms with van der Waals surface area (Å²) in [6.45, 7) is 3.46. The second kappa shape index (κ2) is 6.43. The molecule has 3 N–H and O–H groups in total. The molecule has 2 saturated heterocycles. The van der Waals surface area contributed by atoms with E-state index in [1.807, 2.05) is 24.3 Å². The van der Waals surface area contributed by atoms with Crippen molar-refractivity contribution in [3.05, 3.63) is 53.6 Å². The topological polar surface area (TPSA) is 84.7 Å². The molecule has 2 aromatic carbocycles. The van der Waals surface area contributed by atoms with Crippen molar-refractivity contribution in [1.82, 2.24) is 4.90 Å². The first-order valence-corrected chi connectivity index (χ1v) is 9.75. The van der Waals surface area contributed by atoms with Crippen molar-refractivity contribution in [3.63, 3.8) is 0 Å². The molecular weight excluding hydrogens is 354 g/mol. The molecule has 3 aliphatic heterocycles. The van der Waals surface area contributed by atoms with Gasteiger partial charge in [0.2, 0.25) is 11.8 Å². The fraction of sp³-hybridized carbons (Fsp3) is 0.364. The van der Waals surface area contributed by atoms with Crippen LogP contribution in [0.25, 0.3) is 11.1 Å². The molecule has 2 aromatic rings. The lowest BCUT2D eigenvalue weighted by Crippen LogP contribution is -2.55. The lowest BCUT2D eigenvalue weighted by atomic mass is 9.73. The Kier molecular flexibility index (Phi) is 4.00. The van der Waals surface area contributed by atoms with Gasteiger partial charge >= 0.3 is 0 Å². The molecule has 6 heteroatoms. The zero-order valence-electron chi connectivity index (χ0n) is 15.6. The lowest BCUT2D eigenvalue weighted by Gasteiger charge is -2.44. The van der Waals surface area contributed by atoms with Gasteiger partial charge in [-0.25, -0.2) is 0 Å². The lowest BCUT2D eigenvalue weighted by molar-refractivity contribution is -0.124. The number of rotatable bonds is 3. The maximum absolute atomic E-state index is 12.9. The van der Waals surface area contributed by atoms with Gasteiger partial charge in [-0.2, -0.15) is 0 Å². The fourth-order valence-corrected chi connectivity index (χ4v) is 4.66. The number of anilines is 1. The number of fused-ring (bicyclic) bond motifs is 2. The Bertz CT molecular complexity index is 959. The number of amides is 2. The molecule has 1 spiro atoms. The van der Waals surface area contributed by atoms with E-state index in [4.69, 9.17) is 10.5 Å². The van der Waals surface area contributed by atoms with Crippen molar-refractivity contribution in [1.29, 1.82) is 0 Å². The summed E-state index contributed by atoms with van der Waals surface area (Å²) < 4.78 is 5.31. The third-order valence-corrected chi connectivity index (χ3v) is 6.49. The van der Waals surface area contributed by atoms with Crippen molar-refractivity contribution in [2.75, 3.05) is 31.6 Å². The number of carbonyl (C=O) groups excluding carboxylic acids is 2. The van der Waals surface area contributed by atoms with E-state index >= 15 is 0 Å². The van der Waals surface area contributed by atoms with Gasteiger partial charge in [0, 0.05) is 11.3 Å². The molecule has 2 fully saturated rings. The number of nitrogens with one attached hydrogen (secondary N) is 1. The molecule has 0 bridgehead atoms. The number of nitrogens with zero attached hydrogens (tertiary/aromatic N) is 1. The molecule has 3 aliphatic rings. The van der Waals surface area contributed by atoms with E-state index in [2.05, 4.69) is 16.3 Å². The predicted octanol–water partition coefficient (Wildman–Crippen LogP) is 2.14. The first kappa shape index (κ1) is 17.4. The quantitative estimate of drug-likeness (QED) is 0.858. The third kappa shape index (κ3) is 2.64. The van der Waals surface area contributed by atoms with Gasteiger partial charge in [-0.15, -0.1) is 0 Å². The Labute approximate surface area is 163 Å². The molecule has 2 amide bonds. The highest BCUT2D eigenvalue weighted by Gasteiger charge is 2.49. The maximum atomic E-state index is 12.9. The van der Waals surface area contributed by atoms with E-state index in [1.54, 1.807) is 12.1 Å². The number of nitrogens with two attached hydrogens (primary N) is 1. The molecule has 3 heterocycles. The van der Waals surface area contributed by atoms with Crippen LogP contribution in [0.15, 0.2) is 42.5 Å². The number of carbonyl (C=O) groups is 2. The van der Waals surface area contributed by atoms with E-state index in [-0.39, 0.29) is 5.91 Å². The van der Waals surface area contributed by atoms with Crippen molar-refractivity contribution in [3.8, 4) is 11.1 Å². The average Bonchev–Trinajstić information content (AvgIpc) is 2.93. The minimum atomic E-state index is -0.445. The molecule has 0 atom stereocenters. The van der Waals surface area contributed by atoms with Crippen LogP contribution in [0.4, 0.5) is 5.69 Å². The standard InChI is InChI=1S/C22H23N3O3/c23-20(26)16-3-1-2-14(10-16)15-4-5-18-19(11-15)24-21(27)22(18)6-8-25(9-7-22)17-12-28-13-17/h1-5,10-11,17H,6-9,12-13H2,(H2,23,26)(H,24,27). The monoisotopic (exact) mass is 377 g/mol. The number of likely N-dealkylation sites (tertiary alicyclic amines) is 1. The Hall–Kier alpha value is -2.70. The van der Waals surface area contributed by atoms with E-state index in [1.165, 1.54) is 0 Å². The second-order valence-corrected chi connectivity index (χ2v) is 7.97. The zero-order valence-corrected chi connectivity index (χ0v) is 15.6. The molecule has 0 radical (unpaired) electrons. The molecule has 0 aliphatic carbocycles. The van der Waals surface area contributed by atoms with Gasteiger partial charge in [-0.3, -0.25) is 14.5 Å².